The fourth-order valence-electron chi connectivity index (χ4n) is 3.43. The molecule has 0 unspecified atom stereocenters. The molecule has 2 aromatic rings. The zero-order valence-electron chi connectivity index (χ0n) is 15.0. The lowest BCUT2D eigenvalue weighted by Crippen LogP contribution is -2.30. The Hall–Kier alpha value is -1.64. The summed E-state index contributed by atoms with van der Waals surface area (Å²) in [6, 6.07) is 19.1. The molecule has 2 aromatic carbocycles. The lowest BCUT2D eigenvalue weighted by atomic mass is 9.89. The zero-order chi connectivity index (χ0) is 17.5. The van der Waals surface area contributed by atoms with Crippen molar-refractivity contribution in [1.82, 2.24) is 4.90 Å². The van der Waals surface area contributed by atoms with Crippen LogP contribution >= 0.6 is 11.6 Å². The molecule has 1 saturated heterocycles. The minimum Gasteiger partial charge on any atom is -0.306 e. The van der Waals surface area contributed by atoms with Crippen molar-refractivity contribution in [1.29, 1.82) is 0 Å². The van der Waals surface area contributed by atoms with Crippen molar-refractivity contribution >= 4 is 17.3 Å². The molecule has 1 aliphatic rings. The average Bonchev–Trinajstić information content (AvgIpc) is 2.64. The molecule has 25 heavy (non-hydrogen) atoms. The summed E-state index contributed by atoms with van der Waals surface area (Å²) < 4.78 is 0. The highest BCUT2D eigenvalue weighted by Crippen LogP contribution is 2.26. The molecule has 3 rings (SSSR count). The topological polar surface area (TPSA) is 15.6 Å². The van der Waals surface area contributed by atoms with Gasteiger partial charge >= 0.3 is 0 Å². The Bertz CT molecular complexity index is 669. The van der Waals surface area contributed by atoms with Crippen molar-refractivity contribution in [2.45, 2.75) is 31.6 Å². The Labute approximate surface area is 156 Å². The Morgan fingerprint density at radius 3 is 2.36 bits per heavy atom. The van der Waals surface area contributed by atoms with Crippen LogP contribution in [0.25, 0.3) is 0 Å². The molecule has 1 atom stereocenters. The molecular weight excluding hydrogens is 328 g/mol. The standard InChI is InChI=1S/C22H27ClN2/c1-25-15-12-22(13-16-25)24-14-11-20(17-18-5-3-2-4-6-18)19-7-9-21(23)10-8-19/h2-10,20H,11-17H2,1H3/t20-/m0/s1. The molecule has 1 heterocycles. The molecule has 0 N–H and O–H groups in total. The molecule has 0 aliphatic carbocycles. The van der Waals surface area contributed by atoms with Crippen LogP contribution in [0.3, 0.4) is 0 Å². The zero-order valence-corrected chi connectivity index (χ0v) is 15.8. The van der Waals surface area contributed by atoms with E-state index >= 15 is 0 Å². The van der Waals surface area contributed by atoms with Gasteiger partial charge in [0, 0.05) is 30.4 Å². The minimum absolute atomic E-state index is 0.482. The second-order valence-electron chi connectivity index (χ2n) is 6.98. The Balaban J connectivity index is 1.65. The Morgan fingerprint density at radius 1 is 1.00 bits per heavy atom. The van der Waals surface area contributed by atoms with Crippen LogP contribution in [0.5, 0.6) is 0 Å². The van der Waals surface area contributed by atoms with Crippen molar-refractivity contribution < 1.29 is 0 Å². The number of nitrogens with zero attached hydrogens (tertiary/aromatic N) is 2. The van der Waals surface area contributed by atoms with Gasteiger partial charge in [0.15, 0.2) is 0 Å². The lowest BCUT2D eigenvalue weighted by molar-refractivity contribution is 0.335. The van der Waals surface area contributed by atoms with E-state index < -0.39 is 0 Å². The highest BCUT2D eigenvalue weighted by molar-refractivity contribution is 6.30. The number of hydrogen-bond acceptors (Lipinski definition) is 2. The van der Waals surface area contributed by atoms with Gasteiger partial charge in [0.25, 0.3) is 0 Å². The molecule has 0 amide bonds. The van der Waals surface area contributed by atoms with E-state index in [1.54, 1.807) is 0 Å². The number of likely N-dealkylation sites (tertiary alicyclic amines) is 1. The van der Waals surface area contributed by atoms with Gasteiger partial charge in [0.1, 0.15) is 0 Å². The fraction of sp³-hybridized carbons (Fsp3) is 0.409. The molecule has 0 saturated carbocycles. The predicted molar refractivity (Wildman–Crippen MR) is 108 cm³/mol. The molecule has 0 bridgehead atoms. The fourth-order valence-corrected chi connectivity index (χ4v) is 3.56. The summed E-state index contributed by atoms with van der Waals surface area (Å²) in [5.74, 6) is 0.482. The lowest BCUT2D eigenvalue weighted by Gasteiger charge is -2.23. The van der Waals surface area contributed by atoms with Crippen molar-refractivity contribution in [3.63, 3.8) is 0 Å². The second-order valence-corrected chi connectivity index (χ2v) is 7.41. The number of benzene rings is 2. The molecule has 0 aromatic heterocycles. The van der Waals surface area contributed by atoms with Gasteiger partial charge in [-0.1, -0.05) is 54.1 Å². The number of piperidine rings is 1. The van der Waals surface area contributed by atoms with Crippen molar-refractivity contribution in [3.8, 4) is 0 Å². The summed E-state index contributed by atoms with van der Waals surface area (Å²) in [7, 11) is 2.19. The van der Waals surface area contributed by atoms with Crippen molar-refractivity contribution in [2.75, 3.05) is 26.7 Å². The normalized spacial score (nSPS) is 16.6. The van der Waals surface area contributed by atoms with E-state index in [-0.39, 0.29) is 0 Å². The first-order valence-electron chi connectivity index (χ1n) is 9.21. The van der Waals surface area contributed by atoms with Gasteiger partial charge in [-0.25, -0.2) is 0 Å². The van der Waals surface area contributed by atoms with E-state index in [1.165, 1.54) is 16.8 Å². The minimum atomic E-state index is 0.482. The molecule has 132 valence electrons. The van der Waals surface area contributed by atoms with E-state index in [1.807, 2.05) is 12.1 Å². The van der Waals surface area contributed by atoms with Crippen LogP contribution in [-0.2, 0) is 6.42 Å². The van der Waals surface area contributed by atoms with Gasteiger partial charge in [0.05, 0.1) is 0 Å². The van der Waals surface area contributed by atoms with Gasteiger partial charge in [-0.2, -0.15) is 0 Å². The first kappa shape index (κ1) is 18.2. The highest BCUT2D eigenvalue weighted by atomic mass is 35.5. The monoisotopic (exact) mass is 354 g/mol. The summed E-state index contributed by atoms with van der Waals surface area (Å²) in [5.41, 5.74) is 4.14. The molecule has 1 fully saturated rings. The van der Waals surface area contributed by atoms with Crippen LogP contribution in [-0.4, -0.2) is 37.3 Å². The van der Waals surface area contributed by atoms with Crippen LogP contribution in [0.2, 0.25) is 5.02 Å². The van der Waals surface area contributed by atoms with Gasteiger partial charge in [-0.15, -0.1) is 0 Å². The summed E-state index contributed by atoms with van der Waals surface area (Å²) in [4.78, 5) is 7.29. The summed E-state index contributed by atoms with van der Waals surface area (Å²) in [5, 5.41) is 0.800. The van der Waals surface area contributed by atoms with E-state index in [0.717, 1.165) is 50.3 Å². The number of aliphatic imine (C=N–C) groups is 1. The molecule has 0 spiro atoms. The average molecular weight is 355 g/mol. The van der Waals surface area contributed by atoms with Crippen LogP contribution < -0.4 is 0 Å². The van der Waals surface area contributed by atoms with E-state index in [2.05, 4.69) is 54.4 Å². The third kappa shape index (κ3) is 5.69. The highest BCUT2D eigenvalue weighted by Gasteiger charge is 2.14. The van der Waals surface area contributed by atoms with Crippen molar-refractivity contribution in [3.05, 3.63) is 70.7 Å². The Kier molecular flexibility index (Phi) is 6.66. The molecule has 3 heteroatoms. The quantitative estimate of drug-likeness (QED) is 0.694. The summed E-state index contributed by atoms with van der Waals surface area (Å²) >= 11 is 6.07. The number of hydrogen-bond donors (Lipinski definition) is 0. The number of rotatable bonds is 6. The molecule has 2 nitrogen and oxygen atoms in total. The van der Waals surface area contributed by atoms with Crippen molar-refractivity contribution in [2.24, 2.45) is 4.99 Å². The van der Waals surface area contributed by atoms with E-state index in [9.17, 15) is 0 Å². The number of halogens is 1. The first-order chi connectivity index (χ1) is 12.2. The SMILES string of the molecule is CN1CCC(=NCC[C@@H](Cc2ccccc2)c2ccc(Cl)cc2)CC1. The van der Waals surface area contributed by atoms with Gasteiger partial charge in [-0.05, 0) is 61.9 Å². The van der Waals surface area contributed by atoms with Crippen LogP contribution in [0, 0.1) is 0 Å². The van der Waals surface area contributed by atoms with Gasteiger partial charge in [0.2, 0.25) is 0 Å². The third-order valence-electron chi connectivity index (χ3n) is 5.04. The summed E-state index contributed by atoms with van der Waals surface area (Å²) in [6.07, 6.45) is 4.38. The van der Waals surface area contributed by atoms with Crippen LogP contribution in [0.15, 0.2) is 59.6 Å². The molecule has 0 radical (unpaired) electrons. The maximum absolute atomic E-state index is 6.07. The summed E-state index contributed by atoms with van der Waals surface area (Å²) in [6.45, 7) is 3.20. The largest absolute Gasteiger partial charge is 0.306 e. The predicted octanol–water partition coefficient (Wildman–Crippen LogP) is 5.22. The van der Waals surface area contributed by atoms with Crippen LogP contribution in [0.1, 0.15) is 36.3 Å². The van der Waals surface area contributed by atoms with E-state index in [0.29, 0.717) is 5.92 Å². The first-order valence-corrected chi connectivity index (χ1v) is 9.58. The van der Waals surface area contributed by atoms with Gasteiger partial charge < -0.3 is 4.90 Å². The second kappa shape index (κ2) is 9.17. The third-order valence-corrected chi connectivity index (χ3v) is 5.30. The van der Waals surface area contributed by atoms with Gasteiger partial charge in [-0.3, -0.25) is 4.99 Å². The molecular formula is C22H27ClN2. The smallest absolute Gasteiger partial charge is 0.0406 e. The van der Waals surface area contributed by atoms with E-state index in [4.69, 9.17) is 16.6 Å². The van der Waals surface area contributed by atoms with Crippen LogP contribution in [0.4, 0.5) is 0 Å². The maximum atomic E-state index is 6.07. The Morgan fingerprint density at radius 2 is 1.68 bits per heavy atom. The molecule has 1 aliphatic heterocycles. The maximum Gasteiger partial charge on any atom is 0.0406 e.